The van der Waals surface area contributed by atoms with E-state index in [1.54, 1.807) is 18.1 Å². The number of carbonyl (C=O) groups excluding carboxylic acids is 1. The van der Waals surface area contributed by atoms with Crippen LogP contribution < -0.4 is 10.6 Å². The molecule has 1 aliphatic heterocycles. The third kappa shape index (κ3) is 4.28. The van der Waals surface area contributed by atoms with Crippen LogP contribution in [0.3, 0.4) is 0 Å². The summed E-state index contributed by atoms with van der Waals surface area (Å²) in [5, 5.41) is 6.96. The van der Waals surface area contributed by atoms with Crippen LogP contribution in [0.25, 0.3) is 0 Å². The smallest absolute Gasteiger partial charge is 0.243 e. The number of rotatable bonds is 6. The molecule has 0 saturated heterocycles. The second-order valence-electron chi connectivity index (χ2n) is 5.38. The molecule has 3 N–H and O–H groups in total. The minimum atomic E-state index is -0.345. The highest BCUT2D eigenvalue weighted by Gasteiger charge is 2.27. The number of halogens is 1. The summed E-state index contributed by atoms with van der Waals surface area (Å²) in [6.45, 7) is 1.43. The van der Waals surface area contributed by atoms with Gasteiger partial charge in [-0.2, -0.15) is 11.8 Å². The maximum Gasteiger partial charge on any atom is 0.243 e. The van der Waals surface area contributed by atoms with Crippen molar-refractivity contribution in [3.63, 3.8) is 0 Å². The summed E-state index contributed by atoms with van der Waals surface area (Å²) in [7, 11) is 0. The van der Waals surface area contributed by atoms with Gasteiger partial charge in [0.2, 0.25) is 5.91 Å². The van der Waals surface area contributed by atoms with Crippen LogP contribution in [0, 0.1) is 0 Å². The molecule has 5 nitrogen and oxygen atoms in total. The average Bonchev–Trinajstić information content (AvgIpc) is 3.03. The van der Waals surface area contributed by atoms with Gasteiger partial charge in [0.1, 0.15) is 6.04 Å². The molecule has 1 aliphatic rings. The number of imidazole rings is 1. The fourth-order valence-electron chi connectivity index (χ4n) is 2.60. The van der Waals surface area contributed by atoms with Crippen LogP contribution in [0.1, 0.15) is 23.0 Å². The molecule has 1 amide bonds. The molecule has 0 spiro atoms. The topological polar surface area (TPSA) is 69.8 Å². The molecule has 7 heteroatoms. The van der Waals surface area contributed by atoms with Crippen LogP contribution in [0.15, 0.2) is 30.6 Å². The van der Waals surface area contributed by atoms with Gasteiger partial charge in [-0.1, -0.05) is 23.7 Å². The molecular formula is C16H19ClN4OS. The highest BCUT2D eigenvalue weighted by Crippen LogP contribution is 2.19. The van der Waals surface area contributed by atoms with Crippen LogP contribution in [0.4, 0.5) is 0 Å². The van der Waals surface area contributed by atoms with Crippen molar-refractivity contribution in [1.29, 1.82) is 0 Å². The normalized spacial score (nSPS) is 16.8. The molecule has 2 heterocycles. The molecule has 1 aromatic carbocycles. The SMILES string of the molecule is O=C(NCCSCc1cccc(Cl)c1)[C@@H]1NCCc2[nH]cnc21. The lowest BCUT2D eigenvalue weighted by Crippen LogP contribution is -2.42. The first kappa shape index (κ1) is 16.4. The quantitative estimate of drug-likeness (QED) is 0.699. The van der Waals surface area contributed by atoms with E-state index in [4.69, 9.17) is 11.6 Å². The molecule has 2 aromatic rings. The summed E-state index contributed by atoms with van der Waals surface area (Å²) < 4.78 is 0. The van der Waals surface area contributed by atoms with E-state index < -0.39 is 0 Å². The molecule has 1 atom stereocenters. The number of hydrogen-bond donors (Lipinski definition) is 3. The number of H-pyrrole nitrogens is 1. The zero-order chi connectivity index (χ0) is 16.1. The number of aromatic nitrogens is 2. The molecule has 3 rings (SSSR count). The van der Waals surface area contributed by atoms with E-state index in [1.807, 2.05) is 18.2 Å². The lowest BCUT2D eigenvalue weighted by Gasteiger charge is -2.22. The molecule has 0 unspecified atom stereocenters. The van der Waals surface area contributed by atoms with Gasteiger partial charge >= 0.3 is 0 Å². The maximum absolute atomic E-state index is 12.3. The van der Waals surface area contributed by atoms with Crippen molar-refractivity contribution < 1.29 is 4.79 Å². The average molecular weight is 351 g/mol. The van der Waals surface area contributed by atoms with Gasteiger partial charge in [0.15, 0.2) is 0 Å². The van der Waals surface area contributed by atoms with Gasteiger partial charge in [0.05, 0.1) is 12.0 Å². The van der Waals surface area contributed by atoms with Crippen LogP contribution in [0.2, 0.25) is 5.02 Å². The van der Waals surface area contributed by atoms with Crippen LogP contribution >= 0.6 is 23.4 Å². The predicted octanol–water partition coefficient (Wildman–Crippen LogP) is 2.30. The van der Waals surface area contributed by atoms with E-state index in [1.165, 1.54) is 5.56 Å². The maximum atomic E-state index is 12.3. The minimum absolute atomic E-state index is 0.0126. The Morgan fingerprint density at radius 3 is 3.26 bits per heavy atom. The number of amides is 1. The van der Waals surface area contributed by atoms with Gasteiger partial charge in [-0.3, -0.25) is 4.79 Å². The Morgan fingerprint density at radius 1 is 1.48 bits per heavy atom. The Morgan fingerprint density at radius 2 is 2.39 bits per heavy atom. The Bertz CT molecular complexity index is 676. The molecule has 122 valence electrons. The van der Waals surface area contributed by atoms with Crippen LogP contribution in [0.5, 0.6) is 0 Å². The fraction of sp³-hybridized carbons (Fsp3) is 0.375. The van der Waals surface area contributed by atoms with Gasteiger partial charge in [-0.25, -0.2) is 4.98 Å². The number of nitrogens with zero attached hydrogens (tertiary/aromatic N) is 1. The molecule has 0 aliphatic carbocycles. The largest absolute Gasteiger partial charge is 0.354 e. The lowest BCUT2D eigenvalue weighted by molar-refractivity contribution is -0.123. The summed E-state index contributed by atoms with van der Waals surface area (Å²) in [5.41, 5.74) is 3.07. The van der Waals surface area contributed by atoms with Gasteiger partial charge in [0, 0.05) is 41.7 Å². The summed E-state index contributed by atoms with van der Waals surface area (Å²) in [4.78, 5) is 19.6. The van der Waals surface area contributed by atoms with Crippen LogP contribution in [-0.4, -0.2) is 34.7 Å². The number of thioether (sulfide) groups is 1. The molecular weight excluding hydrogens is 332 g/mol. The van der Waals surface area contributed by atoms with E-state index in [0.717, 1.165) is 40.9 Å². The molecule has 23 heavy (non-hydrogen) atoms. The molecule has 1 aromatic heterocycles. The van der Waals surface area contributed by atoms with E-state index in [0.29, 0.717) is 6.54 Å². The Hall–Kier alpha value is -1.50. The molecule has 0 bridgehead atoms. The Balaban J connectivity index is 1.40. The second kappa shape index (κ2) is 7.86. The highest BCUT2D eigenvalue weighted by atomic mass is 35.5. The molecule has 0 radical (unpaired) electrons. The Kier molecular flexibility index (Phi) is 5.59. The van der Waals surface area contributed by atoms with E-state index in [-0.39, 0.29) is 11.9 Å². The number of carbonyl (C=O) groups is 1. The predicted molar refractivity (Wildman–Crippen MR) is 93.7 cm³/mol. The van der Waals surface area contributed by atoms with Crippen molar-refractivity contribution in [1.82, 2.24) is 20.6 Å². The van der Waals surface area contributed by atoms with Gasteiger partial charge in [0.25, 0.3) is 0 Å². The van der Waals surface area contributed by atoms with Gasteiger partial charge in [-0.05, 0) is 17.7 Å². The zero-order valence-electron chi connectivity index (χ0n) is 12.6. The number of nitrogens with one attached hydrogen (secondary N) is 3. The first-order valence-corrected chi connectivity index (χ1v) is 9.13. The summed E-state index contributed by atoms with van der Waals surface area (Å²) in [6.07, 6.45) is 2.54. The van der Waals surface area contributed by atoms with Crippen LogP contribution in [-0.2, 0) is 17.0 Å². The van der Waals surface area contributed by atoms with E-state index in [9.17, 15) is 4.79 Å². The highest BCUT2D eigenvalue weighted by molar-refractivity contribution is 7.98. The summed E-state index contributed by atoms with van der Waals surface area (Å²) >= 11 is 7.74. The third-order valence-corrected chi connectivity index (χ3v) is 4.98. The lowest BCUT2D eigenvalue weighted by atomic mass is 10.1. The van der Waals surface area contributed by atoms with E-state index in [2.05, 4.69) is 26.7 Å². The third-order valence-electron chi connectivity index (χ3n) is 3.71. The fourth-order valence-corrected chi connectivity index (χ4v) is 3.62. The van der Waals surface area contributed by atoms with Gasteiger partial charge in [-0.15, -0.1) is 0 Å². The number of benzene rings is 1. The van der Waals surface area contributed by atoms with Crippen molar-refractivity contribution >= 4 is 29.3 Å². The monoisotopic (exact) mass is 350 g/mol. The van der Waals surface area contributed by atoms with Crippen molar-refractivity contribution in [2.75, 3.05) is 18.8 Å². The van der Waals surface area contributed by atoms with Crippen molar-refractivity contribution in [2.45, 2.75) is 18.2 Å². The van der Waals surface area contributed by atoms with Gasteiger partial charge < -0.3 is 15.6 Å². The van der Waals surface area contributed by atoms with E-state index >= 15 is 0 Å². The number of hydrogen-bond acceptors (Lipinski definition) is 4. The molecule has 0 saturated carbocycles. The number of fused-ring (bicyclic) bond motifs is 1. The standard InChI is InChI=1S/C16H19ClN4OS/c17-12-3-1-2-11(8-12)9-23-7-6-19-16(22)15-14-13(4-5-18-15)20-10-21-14/h1-3,8,10,15,18H,4-7,9H2,(H,19,22)(H,20,21)/t15-/m1/s1. The number of aromatic amines is 1. The molecule has 0 fully saturated rings. The van der Waals surface area contributed by atoms with Crippen molar-refractivity contribution in [3.8, 4) is 0 Å². The summed E-state index contributed by atoms with van der Waals surface area (Å²) in [5.74, 6) is 1.74. The first-order chi connectivity index (χ1) is 11.2. The minimum Gasteiger partial charge on any atom is -0.354 e. The van der Waals surface area contributed by atoms with Crippen molar-refractivity contribution in [3.05, 3.63) is 52.6 Å². The van der Waals surface area contributed by atoms with Crippen molar-refractivity contribution in [2.24, 2.45) is 0 Å². The zero-order valence-corrected chi connectivity index (χ0v) is 14.2. The summed E-state index contributed by atoms with van der Waals surface area (Å²) in [6, 6.07) is 7.51. The Labute approximate surface area is 144 Å². The second-order valence-corrected chi connectivity index (χ2v) is 6.92. The first-order valence-electron chi connectivity index (χ1n) is 7.59.